The zero-order valence-electron chi connectivity index (χ0n) is 13.3. The maximum Gasteiger partial charge on any atom is 0.243 e. The number of aromatic nitrogens is 4. The molecule has 1 aromatic carbocycles. The van der Waals surface area contributed by atoms with Crippen LogP contribution in [0.1, 0.15) is 24.6 Å². The molecule has 2 N–H and O–H groups in total. The molecule has 1 unspecified atom stereocenters. The van der Waals surface area contributed by atoms with Crippen LogP contribution in [-0.4, -0.2) is 51.9 Å². The van der Waals surface area contributed by atoms with Gasteiger partial charge in [0, 0.05) is 18.2 Å². The molecule has 8 nitrogen and oxygen atoms in total. The summed E-state index contributed by atoms with van der Waals surface area (Å²) in [7, 11) is 0. The first-order valence-corrected chi connectivity index (χ1v) is 8.30. The molecule has 1 aliphatic carbocycles. The lowest BCUT2D eigenvalue weighted by molar-refractivity contribution is -0.120. The summed E-state index contributed by atoms with van der Waals surface area (Å²) >= 11 is 6.31. The first-order chi connectivity index (χ1) is 11.7. The van der Waals surface area contributed by atoms with Crippen molar-refractivity contribution in [3.05, 3.63) is 29.0 Å². The van der Waals surface area contributed by atoms with Gasteiger partial charge in [0.25, 0.3) is 0 Å². The molecule has 0 spiro atoms. The highest BCUT2D eigenvalue weighted by Gasteiger charge is 2.30. The SMILES string of the molecule is Cl.O=C(Nc1ccc(Cl)c(-n2nnnc2C2CC2)c1)C1COCCN1. The molecule has 4 rings (SSSR count). The Morgan fingerprint density at radius 2 is 2.24 bits per heavy atom. The van der Waals surface area contributed by atoms with E-state index < -0.39 is 0 Å². The Labute approximate surface area is 155 Å². The van der Waals surface area contributed by atoms with Gasteiger partial charge in [-0.2, -0.15) is 4.68 Å². The van der Waals surface area contributed by atoms with Crippen LogP contribution in [0, 0.1) is 0 Å². The fourth-order valence-corrected chi connectivity index (χ4v) is 2.88. The summed E-state index contributed by atoms with van der Waals surface area (Å²) in [5, 5.41) is 18.4. The number of carbonyl (C=O) groups is 1. The molecule has 1 saturated carbocycles. The van der Waals surface area contributed by atoms with Crippen molar-refractivity contribution in [1.29, 1.82) is 0 Å². The summed E-state index contributed by atoms with van der Waals surface area (Å²) in [6.07, 6.45) is 2.17. The van der Waals surface area contributed by atoms with Gasteiger partial charge in [-0.3, -0.25) is 4.79 Å². The number of nitrogens with one attached hydrogen (secondary N) is 2. The van der Waals surface area contributed by atoms with Crippen molar-refractivity contribution in [2.24, 2.45) is 0 Å². The minimum absolute atomic E-state index is 0. The Kier molecular flexibility index (Phi) is 5.53. The molecule has 25 heavy (non-hydrogen) atoms. The van der Waals surface area contributed by atoms with E-state index in [1.165, 1.54) is 0 Å². The summed E-state index contributed by atoms with van der Waals surface area (Å²) < 4.78 is 6.97. The van der Waals surface area contributed by atoms with E-state index in [0.717, 1.165) is 18.7 Å². The van der Waals surface area contributed by atoms with Crippen LogP contribution < -0.4 is 10.6 Å². The second-order valence-electron chi connectivity index (χ2n) is 5.96. The topological polar surface area (TPSA) is 94.0 Å². The lowest BCUT2D eigenvalue weighted by atomic mass is 10.2. The number of hydrogen-bond donors (Lipinski definition) is 2. The van der Waals surface area contributed by atoms with Crippen molar-refractivity contribution in [2.45, 2.75) is 24.8 Å². The van der Waals surface area contributed by atoms with Crippen molar-refractivity contribution in [3.8, 4) is 5.69 Å². The quantitative estimate of drug-likeness (QED) is 0.830. The van der Waals surface area contributed by atoms with Crippen molar-refractivity contribution in [2.75, 3.05) is 25.1 Å². The van der Waals surface area contributed by atoms with Gasteiger partial charge in [0.2, 0.25) is 5.91 Å². The van der Waals surface area contributed by atoms with Crippen molar-refractivity contribution < 1.29 is 9.53 Å². The Morgan fingerprint density at radius 3 is 2.96 bits per heavy atom. The third-order valence-electron chi connectivity index (χ3n) is 4.12. The van der Waals surface area contributed by atoms with Crippen LogP contribution in [0.2, 0.25) is 5.02 Å². The smallest absolute Gasteiger partial charge is 0.243 e. The molecule has 134 valence electrons. The molecule has 0 radical (unpaired) electrons. The number of anilines is 1. The fourth-order valence-electron chi connectivity index (χ4n) is 2.68. The number of amides is 1. The van der Waals surface area contributed by atoms with E-state index in [4.69, 9.17) is 16.3 Å². The van der Waals surface area contributed by atoms with Crippen molar-refractivity contribution in [1.82, 2.24) is 25.5 Å². The summed E-state index contributed by atoms with van der Waals surface area (Å²) in [6, 6.07) is 4.92. The molecule has 2 heterocycles. The minimum Gasteiger partial charge on any atom is -0.378 e. The monoisotopic (exact) mass is 384 g/mol. The summed E-state index contributed by atoms with van der Waals surface area (Å²) in [5.74, 6) is 1.06. The van der Waals surface area contributed by atoms with Gasteiger partial charge in [-0.25, -0.2) is 0 Å². The third kappa shape index (κ3) is 3.92. The average Bonchev–Trinajstić information content (AvgIpc) is 3.34. The van der Waals surface area contributed by atoms with E-state index in [9.17, 15) is 4.79 Å². The molecule has 2 fully saturated rings. The van der Waals surface area contributed by atoms with Gasteiger partial charge in [-0.05, 0) is 41.5 Å². The van der Waals surface area contributed by atoms with Crippen LogP contribution in [0.4, 0.5) is 5.69 Å². The standard InChI is InChI=1S/C15H17ClN6O2.ClH/c16-11-4-3-10(18-15(23)12-8-24-6-5-17-12)7-13(11)22-14(9-1-2-9)19-20-21-22;/h3-4,7,9,12,17H,1-2,5-6,8H2,(H,18,23);1H. The maximum atomic E-state index is 12.3. The highest BCUT2D eigenvalue weighted by molar-refractivity contribution is 6.32. The highest BCUT2D eigenvalue weighted by atomic mass is 35.5. The van der Waals surface area contributed by atoms with Gasteiger partial charge in [-0.15, -0.1) is 17.5 Å². The lowest BCUT2D eigenvalue weighted by Gasteiger charge is -2.23. The predicted molar refractivity (Wildman–Crippen MR) is 94.6 cm³/mol. The average molecular weight is 385 g/mol. The van der Waals surface area contributed by atoms with Gasteiger partial charge >= 0.3 is 0 Å². The predicted octanol–water partition coefficient (Wildman–Crippen LogP) is 1.54. The number of hydrogen-bond acceptors (Lipinski definition) is 6. The van der Waals surface area contributed by atoms with Gasteiger partial charge in [0.05, 0.1) is 23.9 Å². The lowest BCUT2D eigenvalue weighted by Crippen LogP contribution is -2.48. The summed E-state index contributed by atoms with van der Waals surface area (Å²) in [4.78, 5) is 12.3. The number of tetrazole rings is 1. The number of nitrogens with zero attached hydrogens (tertiary/aromatic N) is 4. The van der Waals surface area contributed by atoms with Gasteiger partial charge < -0.3 is 15.4 Å². The molecule has 2 aliphatic rings. The number of rotatable bonds is 4. The van der Waals surface area contributed by atoms with Gasteiger partial charge in [-0.1, -0.05) is 11.6 Å². The Hall–Kier alpha value is -1.74. The van der Waals surface area contributed by atoms with Crippen LogP contribution in [0.25, 0.3) is 5.69 Å². The zero-order chi connectivity index (χ0) is 16.5. The number of benzene rings is 1. The molecule has 1 atom stereocenters. The van der Waals surface area contributed by atoms with Crippen LogP contribution in [0.15, 0.2) is 18.2 Å². The molecule has 1 saturated heterocycles. The van der Waals surface area contributed by atoms with E-state index in [2.05, 4.69) is 26.2 Å². The molecule has 2 aromatic rings. The molecule has 1 amide bonds. The van der Waals surface area contributed by atoms with Crippen molar-refractivity contribution >= 4 is 35.6 Å². The van der Waals surface area contributed by atoms with E-state index in [1.807, 2.05) is 0 Å². The Bertz CT molecular complexity index is 758. The number of halogens is 2. The van der Waals surface area contributed by atoms with Crippen LogP contribution >= 0.6 is 24.0 Å². The summed E-state index contributed by atoms with van der Waals surface area (Å²) in [6.45, 7) is 1.66. The van der Waals surface area contributed by atoms with Crippen LogP contribution in [0.3, 0.4) is 0 Å². The van der Waals surface area contributed by atoms with Crippen molar-refractivity contribution in [3.63, 3.8) is 0 Å². The highest BCUT2D eigenvalue weighted by Crippen LogP contribution is 2.39. The number of morpholine rings is 1. The largest absolute Gasteiger partial charge is 0.378 e. The third-order valence-corrected chi connectivity index (χ3v) is 4.44. The van der Waals surface area contributed by atoms with Crippen LogP contribution in [0.5, 0.6) is 0 Å². The molecule has 1 aliphatic heterocycles. The fraction of sp³-hybridized carbons (Fsp3) is 0.467. The second-order valence-corrected chi connectivity index (χ2v) is 6.37. The molecule has 10 heteroatoms. The van der Waals surface area contributed by atoms with Gasteiger partial charge in [0.15, 0.2) is 5.82 Å². The normalized spacial score (nSPS) is 20.0. The molecule has 1 aromatic heterocycles. The number of ether oxygens (including phenoxy) is 1. The Morgan fingerprint density at radius 1 is 1.40 bits per heavy atom. The van der Waals surface area contributed by atoms with Crippen LogP contribution in [-0.2, 0) is 9.53 Å². The maximum absolute atomic E-state index is 12.3. The van der Waals surface area contributed by atoms with E-state index in [1.54, 1.807) is 22.9 Å². The zero-order valence-corrected chi connectivity index (χ0v) is 14.9. The van der Waals surface area contributed by atoms with E-state index in [0.29, 0.717) is 42.1 Å². The first-order valence-electron chi connectivity index (χ1n) is 7.92. The second kappa shape index (κ2) is 7.65. The van der Waals surface area contributed by atoms with E-state index in [-0.39, 0.29) is 24.4 Å². The molecular formula is C15H18Cl2N6O2. The Balaban J connectivity index is 0.00000182. The first kappa shape index (κ1) is 18.1. The molecular weight excluding hydrogens is 367 g/mol. The molecule has 0 bridgehead atoms. The number of carbonyl (C=O) groups excluding carboxylic acids is 1. The summed E-state index contributed by atoms with van der Waals surface area (Å²) in [5.41, 5.74) is 1.30. The van der Waals surface area contributed by atoms with Gasteiger partial charge in [0.1, 0.15) is 6.04 Å². The van der Waals surface area contributed by atoms with E-state index >= 15 is 0 Å². The minimum atomic E-state index is -0.354.